The van der Waals surface area contributed by atoms with E-state index in [1.165, 1.54) is 19.3 Å². The molecule has 0 aromatic rings. The van der Waals surface area contributed by atoms with Gasteiger partial charge in [-0.15, -0.1) is 0 Å². The van der Waals surface area contributed by atoms with E-state index in [0.717, 1.165) is 30.9 Å². The molecule has 0 radical (unpaired) electrons. The first-order valence-electron chi connectivity index (χ1n) is 7.37. The molecule has 102 valence electrons. The van der Waals surface area contributed by atoms with Crippen molar-refractivity contribution in [3.8, 4) is 0 Å². The third-order valence-electron chi connectivity index (χ3n) is 3.79. The van der Waals surface area contributed by atoms with Gasteiger partial charge in [-0.1, -0.05) is 27.7 Å². The number of ether oxygens (including phenoxy) is 1. The highest BCUT2D eigenvalue weighted by molar-refractivity contribution is 4.83. The molecule has 0 aromatic carbocycles. The fraction of sp³-hybridized carbons (Fsp3) is 1.00. The largest absolute Gasteiger partial charge is 0.378 e. The molecular weight excluding hydrogens is 210 g/mol. The van der Waals surface area contributed by atoms with Gasteiger partial charge in [-0.25, -0.2) is 0 Å². The van der Waals surface area contributed by atoms with E-state index in [-0.39, 0.29) is 0 Å². The van der Waals surface area contributed by atoms with E-state index in [9.17, 15) is 0 Å². The van der Waals surface area contributed by atoms with Crippen molar-refractivity contribution in [1.29, 1.82) is 0 Å². The molecule has 0 spiro atoms. The van der Waals surface area contributed by atoms with E-state index in [0.29, 0.717) is 12.1 Å². The van der Waals surface area contributed by atoms with Crippen LogP contribution < -0.4 is 5.32 Å². The Bertz CT molecular complexity index is 205. The Kier molecular flexibility index (Phi) is 6.50. The summed E-state index contributed by atoms with van der Waals surface area (Å²) in [7, 11) is 0. The van der Waals surface area contributed by atoms with E-state index in [4.69, 9.17) is 4.74 Å². The summed E-state index contributed by atoms with van der Waals surface area (Å²) >= 11 is 0. The first kappa shape index (κ1) is 15.0. The molecule has 0 amide bonds. The molecule has 0 bridgehead atoms. The van der Waals surface area contributed by atoms with Crippen LogP contribution in [0.3, 0.4) is 0 Å². The molecule has 0 saturated carbocycles. The van der Waals surface area contributed by atoms with E-state index in [1.54, 1.807) is 0 Å². The number of rotatable bonds is 7. The maximum absolute atomic E-state index is 5.72. The van der Waals surface area contributed by atoms with E-state index in [1.807, 2.05) is 0 Å². The second kappa shape index (κ2) is 7.38. The molecule has 1 saturated heterocycles. The molecular formula is C15H31NO. The summed E-state index contributed by atoms with van der Waals surface area (Å²) in [5.74, 6) is 2.35. The van der Waals surface area contributed by atoms with Crippen molar-refractivity contribution in [2.75, 3.05) is 13.2 Å². The summed E-state index contributed by atoms with van der Waals surface area (Å²) in [5.41, 5.74) is 0. The van der Waals surface area contributed by atoms with Gasteiger partial charge in [0.05, 0.1) is 12.7 Å². The second-order valence-electron chi connectivity index (χ2n) is 6.27. The molecule has 0 aromatic heterocycles. The summed E-state index contributed by atoms with van der Waals surface area (Å²) < 4.78 is 5.72. The maximum atomic E-state index is 5.72. The molecule has 1 aliphatic rings. The van der Waals surface area contributed by atoms with Gasteiger partial charge in [0.15, 0.2) is 0 Å². The predicted octanol–water partition coefficient (Wildman–Crippen LogP) is 3.46. The normalized spacial score (nSPS) is 28.6. The number of hydrogen-bond acceptors (Lipinski definition) is 2. The van der Waals surface area contributed by atoms with E-state index in [2.05, 4.69) is 39.9 Å². The maximum Gasteiger partial charge on any atom is 0.0551 e. The first-order chi connectivity index (χ1) is 8.02. The molecule has 4 atom stereocenters. The lowest BCUT2D eigenvalue weighted by molar-refractivity contribution is 0.115. The van der Waals surface area contributed by atoms with Gasteiger partial charge in [0.25, 0.3) is 0 Å². The molecule has 2 nitrogen and oxygen atoms in total. The van der Waals surface area contributed by atoms with Crippen molar-refractivity contribution in [2.45, 2.75) is 66.0 Å². The Morgan fingerprint density at radius 3 is 2.41 bits per heavy atom. The van der Waals surface area contributed by atoms with Crippen molar-refractivity contribution in [3.05, 3.63) is 0 Å². The molecule has 1 rings (SSSR count). The summed E-state index contributed by atoms with van der Waals surface area (Å²) in [4.78, 5) is 0. The van der Waals surface area contributed by atoms with Crippen molar-refractivity contribution in [1.82, 2.24) is 5.32 Å². The van der Waals surface area contributed by atoms with Gasteiger partial charge in [0.1, 0.15) is 0 Å². The van der Waals surface area contributed by atoms with Gasteiger partial charge >= 0.3 is 0 Å². The van der Waals surface area contributed by atoms with Crippen LogP contribution in [0.15, 0.2) is 0 Å². The van der Waals surface area contributed by atoms with E-state index < -0.39 is 0 Å². The third-order valence-corrected chi connectivity index (χ3v) is 3.79. The van der Waals surface area contributed by atoms with Crippen LogP contribution in [0.5, 0.6) is 0 Å². The standard InChI is InChI=1S/C15H31NO/c1-6-16-15(8-12(4)7-11(2)3)14-9-13(5)17-10-14/h11-16H,6-10H2,1-5H3. The van der Waals surface area contributed by atoms with Gasteiger partial charge in [0, 0.05) is 12.0 Å². The Morgan fingerprint density at radius 2 is 1.94 bits per heavy atom. The molecule has 1 aliphatic heterocycles. The summed E-state index contributed by atoms with van der Waals surface area (Å²) in [5, 5.41) is 3.67. The summed E-state index contributed by atoms with van der Waals surface area (Å²) in [6, 6.07) is 0.652. The van der Waals surface area contributed by atoms with Crippen molar-refractivity contribution >= 4 is 0 Å². The van der Waals surface area contributed by atoms with Crippen molar-refractivity contribution in [3.63, 3.8) is 0 Å². The quantitative estimate of drug-likeness (QED) is 0.737. The van der Waals surface area contributed by atoms with Gasteiger partial charge in [0.2, 0.25) is 0 Å². The molecule has 1 fully saturated rings. The van der Waals surface area contributed by atoms with Crippen LogP contribution in [0.4, 0.5) is 0 Å². The van der Waals surface area contributed by atoms with Gasteiger partial charge in [-0.05, 0) is 44.6 Å². The lowest BCUT2D eigenvalue weighted by Gasteiger charge is -2.27. The minimum absolute atomic E-state index is 0.460. The Labute approximate surface area is 108 Å². The fourth-order valence-corrected chi connectivity index (χ4v) is 3.17. The average Bonchev–Trinajstić information content (AvgIpc) is 2.63. The Hall–Kier alpha value is -0.0800. The van der Waals surface area contributed by atoms with Crippen LogP contribution in [-0.2, 0) is 4.74 Å². The Morgan fingerprint density at radius 1 is 1.24 bits per heavy atom. The highest BCUT2D eigenvalue weighted by Crippen LogP contribution is 2.27. The van der Waals surface area contributed by atoms with E-state index >= 15 is 0 Å². The smallest absolute Gasteiger partial charge is 0.0551 e. The topological polar surface area (TPSA) is 21.3 Å². The molecule has 1 heterocycles. The molecule has 17 heavy (non-hydrogen) atoms. The zero-order valence-electron chi connectivity index (χ0n) is 12.3. The highest BCUT2D eigenvalue weighted by atomic mass is 16.5. The molecule has 0 aliphatic carbocycles. The zero-order valence-corrected chi connectivity index (χ0v) is 12.3. The van der Waals surface area contributed by atoms with Crippen LogP contribution in [0.1, 0.15) is 53.9 Å². The van der Waals surface area contributed by atoms with Crippen LogP contribution >= 0.6 is 0 Å². The molecule has 4 unspecified atom stereocenters. The molecule has 2 heteroatoms. The minimum atomic E-state index is 0.460. The molecule has 1 N–H and O–H groups in total. The number of hydrogen-bond donors (Lipinski definition) is 1. The van der Waals surface area contributed by atoms with Crippen LogP contribution in [0, 0.1) is 17.8 Å². The summed E-state index contributed by atoms with van der Waals surface area (Å²) in [6.45, 7) is 13.5. The van der Waals surface area contributed by atoms with Crippen LogP contribution in [-0.4, -0.2) is 25.3 Å². The van der Waals surface area contributed by atoms with Gasteiger partial charge in [-0.3, -0.25) is 0 Å². The Balaban J connectivity index is 2.42. The average molecular weight is 241 g/mol. The lowest BCUT2D eigenvalue weighted by atomic mass is 9.86. The number of nitrogens with one attached hydrogen (secondary N) is 1. The predicted molar refractivity (Wildman–Crippen MR) is 74.2 cm³/mol. The van der Waals surface area contributed by atoms with Crippen molar-refractivity contribution < 1.29 is 4.74 Å². The minimum Gasteiger partial charge on any atom is -0.378 e. The monoisotopic (exact) mass is 241 g/mol. The van der Waals surface area contributed by atoms with Gasteiger partial charge in [-0.2, -0.15) is 0 Å². The highest BCUT2D eigenvalue weighted by Gasteiger charge is 2.29. The van der Waals surface area contributed by atoms with Crippen molar-refractivity contribution in [2.24, 2.45) is 17.8 Å². The zero-order chi connectivity index (χ0) is 12.8. The third kappa shape index (κ3) is 5.39. The van der Waals surface area contributed by atoms with Gasteiger partial charge < -0.3 is 10.1 Å². The lowest BCUT2D eigenvalue weighted by Crippen LogP contribution is -2.38. The van der Waals surface area contributed by atoms with Crippen LogP contribution in [0.25, 0.3) is 0 Å². The second-order valence-corrected chi connectivity index (χ2v) is 6.27. The van der Waals surface area contributed by atoms with Crippen LogP contribution in [0.2, 0.25) is 0 Å². The summed E-state index contributed by atoms with van der Waals surface area (Å²) in [6.07, 6.45) is 4.32. The first-order valence-corrected chi connectivity index (χ1v) is 7.37. The fourth-order valence-electron chi connectivity index (χ4n) is 3.17. The SMILES string of the molecule is CCNC(CC(C)CC(C)C)C1COC(C)C1.